The van der Waals surface area contributed by atoms with E-state index in [2.05, 4.69) is 11.0 Å². The third-order valence-corrected chi connectivity index (χ3v) is 6.14. The zero-order chi connectivity index (χ0) is 14.9. The molecule has 1 N–H and O–H groups in total. The smallest absolute Gasteiger partial charge is 0.231 e. The molecule has 5 heteroatoms. The van der Waals surface area contributed by atoms with E-state index in [9.17, 15) is 5.11 Å². The molecule has 3 aliphatic heterocycles. The van der Waals surface area contributed by atoms with Gasteiger partial charge in [-0.2, -0.15) is 0 Å². The Morgan fingerprint density at radius 1 is 1.36 bits per heavy atom. The summed E-state index contributed by atoms with van der Waals surface area (Å²) in [5, 5.41) is 10.9. The average molecular weight is 303 g/mol. The summed E-state index contributed by atoms with van der Waals surface area (Å²) < 4.78 is 16.9. The summed E-state index contributed by atoms with van der Waals surface area (Å²) >= 11 is 0. The number of aliphatic hydroxyl groups is 1. The van der Waals surface area contributed by atoms with Crippen LogP contribution >= 0.6 is 0 Å². The predicted octanol–water partition coefficient (Wildman–Crippen LogP) is 1.79. The van der Waals surface area contributed by atoms with Gasteiger partial charge in [0.15, 0.2) is 11.5 Å². The molecule has 0 amide bonds. The molecule has 3 heterocycles. The van der Waals surface area contributed by atoms with Crippen molar-refractivity contribution in [3.63, 3.8) is 0 Å². The molecule has 0 aromatic heterocycles. The normalized spacial score (nSPS) is 37.6. The van der Waals surface area contributed by atoms with Crippen LogP contribution in [0.2, 0.25) is 0 Å². The Morgan fingerprint density at radius 3 is 3.14 bits per heavy atom. The van der Waals surface area contributed by atoms with Crippen LogP contribution < -0.4 is 14.2 Å². The number of rotatable bonds is 1. The minimum absolute atomic E-state index is 0.153. The number of benzene rings is 1. The zero-order valence-electron chi connectivity index (χ0n) is 12.8. The highest BCUT2D eigenvalue weighted by Gasteiger charge is 2.59. The highest BCUT2D eigenvalue weighted by atomic mass is 16.7. The van der Waals surface area contributed by atoms with Crippen LogP contribution in [0.25, 0.3) is 0 Å². The number of nitrogens with zero attached hydrogens (tertiary/aromatic N) is 1. The molecule has 118 valence electrons. The molecule has 1 aromatic rings. The van der Waals surface area contributed by atoms with Gasteiger partial charge < -0.3 is 19.3 Å². The van der Waals surface area contributed by atoms with Gasteiger partial charge in [-0.25, -0.2) is 0 Å². The first-order chi connectivity index (χ1) is 10.8. The van der Waals surface area contributed by atoms with Crippen LogP contribution in [0.1, 0.15) is 36.8 Å². The van der Waals surface area contributed by atoms with Crippen LogP contribution in [0.3, 0.4) is 0 Å². The lowest BCUT2D eigenvalue weighted by atomic mass is 9.62. The fraction of sp³-hybridized carbons (Fsp3) is 0.647. The molecule has 5 nitrogen and oxygen atoms in total. The Kier molecular flexibility index (Phi) is 2.54. The van der Waals surface area contributed by atoms with Crippen LogP contribution in [0.15, 0.2) is 6.07 Å². The first-order valence-corrected chi connectivity index (χ1v) is 8.18. The van der Waals surface area contributed by atoms with E-state index in [-0.39, 0.29) is 18.3 Å². The lowest BCUT2D eigenvalue weighted by Crippen LogP contribution is -2.51. The number of methoxy groups -OCH3 is 1. The molecular formula is C17H21NO4. The Morgan fingerprint density at radius 2 is 2.27 bits per heavy atom. The van der Waals surface area contributed by atoms with Crippen molar-refractivity contribution >= 4 is 0 Å². The number of fused-ring (bicyclic) bond motifs is 2. The van der Waals surface area contributed by atoms with Crippen LogP contribution in [0.5, 0.6) is 17.2 Å². The van der Waals surface area contributed by atoms with Gasteiger partial charge in [-0.15, -0.1) is 0 Å². The maximum absolute atomic E-state index is 10.9. The van der Waals surface area contributed by atoms with Crippen LogP contribution in [0.4, 0.5) is 0 Å². The lowest BCUT2D eigenvalue weighted by Gasteiger charge is -2.48. The van der Waals surface area contributed by atoms with Gasteiger partial charge in [0.2, 0.25) is 12.5 Å². The molecule has 0 spiro atoms. The van der Waals surface area contributed by atoms with E-state index >= 15 is 0 Å². The Hall–Kier alpha value is -1.46. The number of aliphatic hydroxyl groups excluding tert-OH is 1. The molecule has 22 heavy (non-hydrogen) atoms. The Labute approximate surface area is 129 Å². The van der Waals surface area contributed by atoms with Gasteiger partial charge in [-0.3, -0.25) is 4.90 Å². The molecule has 1 aromatic carbocycles. The fourth-order valence-corrected chi connectivity index (χ4v) is 5.30. The molecule has 1 aliphatic carbocycles. The molecule has 0 radical (unpaired) electrons. The highest BCUT2D eigenvalue weighted by molar-refractivity contribution is 5.63. The van der Waals surface area contributed by atoms with Gasteiger partial charge in [0.25, 0.3) is 0 Å². The van der Waals surface area contributed by atoms with Crippen LogP contribution in [-0.2, 0) is 12.0 Å². The van der Waals surface area contributed by atoms with Crippen molar-refractivity contribution < 1.29 is 19.3 Å². The van der Waals surface area contributed by atoms with Gasteiger partial charge in [0, 0.05) is 30.1 Å². The van der Waals surface area contributed by atoms with Crippen molar-refractivity contribution in [2.75, 3.05) is 20.4 Å². The van der Waals surface area contributed by atoms with E-state index in [1.54, 1.807) is 7.11 Å². The summed E-state index contributed by atoms with van der Waals surface area (Å²) in [5.74, 6) is 2.29. The summed E-state index contributed by atoms with van der Waals surface area (Å²) in [6, 6.07) is 2.57. The third-order valence-electron chi connectivity index (χ3n) is 6.14. The van der Waals surface area contributed by atoms with Crippen molar-refractivity contribution in [1.29, 1.82) is 0 Å². The first-order valence-electron chi connectivity index (χ1n) is 8.18. The topological polar surface area (TPSA) is 51.2 Å². The second-order valence-corrected chi connectivity index (χ2v) is 6.92. The predicted molar refractivity (Wildman–Crippen MR) is 79.5 cm³/mol. The largest absolute Gasteiger partial charge is 0.492 e. The minimum atomic E-state index is -0.302. The fourth-order valence-electron chi connectivity index (χ4n) is 5.30. The molecule has 2 bridgehead atoms. The minimum Gasteiger partial charge on any atom is -0.492 e. The standard InChI is InChI=1S/C17H21NO4/c1-20-15-10-7-18-8-14(19)17(5-3-2-4-13(17)18)11(10)6-12-16(15)22-9-21-12/h6,13-14,19H,2-5,7-9H2,1H3. The molecule has 4 atom stereocenters. The summed E-state index contributed by atoms with van der Waals surface area (Å²) in [6.07, 6.45) is 4.35. The Bertz CT molecular complexity index is 646. The van der Waals surface area contributed by atoms with E-state index in [0.29, 0.717) is 6.04 Å². The second-order valence-electron chi connectivity index (χ2n) is 6.92. The SMILES string of the molecule is COc1c2c(cc3c1OCO3)C13CCCCC1N(C2)CC3O. The molecule has 1 saturated heterocycles. The highest BCUT2D eigenvalue weighted by Crippen LogP contribution is 2.58. The summed E-state index contributed by atoms with van der Waals surface area (Å²) in [6.45, 7) is 1.84. The quantitative estimate of drug-likeness (QED) is 0.857. The van der Waals surface area contributed by atoms with Crippen molar-refractivity contribution in [1.82, 2.24) is 4.90 Å². The number of hydrogen-bond acceptors (Lipinski definition) is 5. The molecule has 5 rings (SSSR count). The molecule has 2 fully saturated rings. The van der Waals surface area contributed by atoms with E-state index < -0.39 is 0 Å². The van der Waals surface area contributed by atoms with Crippen molar-refractivity contribution in [3.8, 4) is 17.2 Å². The summed E-state index contributed by atoms with van der Waals surface area (Å²) in [5.41, 5.74) is 2.26. The van der Waals surface area contributed by atoms with Crippen molar-refractivity contribution in [3.05, 3.63) is 17.2 Å². The second kappa shape index (κ2) is 4.30. The molecule has 4 aliphatic rings. The molecule has 4 unspecified atom stereocenters. The number of hydrogen-bond donors (Lipinski definition) is 1. The first kappa shape index (κ1) is 13.0. The molecule has 1 saturated carbocycles. The van der Waals surface area contributed by atoms with Gasteiger partial charge in [0.05, 0.1) is 13.2 Å². The third kappa shape index (κ3) is 1.37. The van der Waals surface area contributed by atoms with E-state index in [4.69, 9.17) is 14.2 Å². The van der Waals surface area contributed by atoms with Crippen LogP contribution in [-0.4, -0.2) is 42.6 Å². The van der Waals surface area contributed by atoms with E-state index in [0.717, 1.165) is 36.8 Å². The van der Waals surface area contributed by atoms with Crippen molar-refractivity contribution in [2.24, 2.45) is 0 Å². The van der Waals surface area contributed by atoms with Gasteiger partial charge in [0.1, 0.15) is 0 Å². The summed E-state index contributed by atoms with van der Waals surface area (Å²) in [4.78, 5) is 2.44. The monoisotopic (exact) mass is 303 g/mol. The van der Waals surface area contributed by atoms with Gasteiger partial charge >= 0.3 is 0 Å². The molecular weight excluding hydrogens is 282 g/mol. The summed E-state index contributed by atoms with van der Waals surface area (Å²) in [7, 11) is 1.69. The maximum Gasteiger partial charge on any atom is 0.231 e. The van der Waals surface area contributed by atoms with Gasteiger partial charge in [-0.05, 0) is 24.5 Å². The van der Waals surface area contributed by atoms with Crippen LogP contribution in [0, 0.1) is 0 Å². The zero-order valence-corrected chi connectivity index (χ0v) is 12.8. The number of ether oxygens (including phenoxy) is 3. The van der Waals surface area contributed by atoms with E-state index in [1.165, 1.54) is 30.4 Å². The maximum atomic E-state index is 10.9. The average Bonchev–Trinajstić information content (AvgIpc) is 3.08. The lowest BCUT2D eigenvalue weighted by molar-refractivity contribution is 0.0744. The Balaban J connectivity index is 1.78. The van der Waals surface area contributed by atoms with Crippen molar-refractivity contribution in [2.45, 2.75) is 49.8 Å². The van der Waals surface area contributed by atoms with Gasteiger partial charge in [-0.1, -0.05) is 12.8 Å². The van der Waals surface area contributed by atoms with E-state index in [1.807, 2.05) is 0 Å².